The summed E-state index contributed by atoms with van der Waals surface area (Å²) in [7, 11) is 1.51. The van der Waals surface area contributed by atoms with E-state index in [1.807, 2.05) is 6.92 Å². The van der Waals surface area contributed by atoms with Crippen LogP contribution >= 0.6 is 0 Å². The van der Waals surface area contributed by atoms with E-state index in [4.69, 9.17) is 9.47 Å². The van der Waals surface area contributed by atoms with Gasteiger partial charge in [-0.15, -0.1) is 0 Å². The predicted octanol–water partition coefficient (Wildman–Crippen LogP) is 1.14. The number of aryl methyl sites for hydroxylation is 1. The number of fused-ring (bicyclic) bond motifs is 1. The van der Waals surface area contributed by atoms with E-state index in [1.165, 1.54) is 23.7 Å². The number of rotatable bonds is 6. The predicted molar refractivity (Wildman–Crippen MR) is 111 cm³/mol. The number of aromatic nitrogens is 4. The summed E-state index contributed by atoms with van der Waals surface area (Å²) < 4.78 is 13.2. The molecule has 11 nitrogen and oxygen atoms in total. The van der Waals surface area contributed by atoms with Gasteiger partial charge in [-0.2, -0.15) is 4.57 Å². The number of ether oxygens (including phenoxy) is 2. The van der Waals surface area contributed by atoms with Crippen LogP contribution in [0, 0.1) is 0 Å². The zero-order chi connectivity index (χ0) is 22.7. The summed E-state index contributed by atoms with van der Waals surface area (Å²) in [4.78, 5) is 63.5. The Balaban J connectivity index is 2.16. The number of imidazole rings is 1. The third-order valence-electron chi connectivity index (χ3n) is 4.66. The lowest BCUT2D eigenvalue weighted by molar-refractivity contribution is 0.0523. The van der Waals surface area contributed by atoms with Gasteiger partial charge in [-0.25, -0.2) is 19.2 Å². The molecule has 2 aromatic heterocycles. The van der Waals surface area contributed by atoms with Crippen molar-refractivity contribution in [1.29, 1.82) is 0 Å². The molecular weight excluding hydrogens is 408 g/mol. The van der Waals surface area contributed by atoms with E-state index in [0.717, 1.165) is 21.8 Å². The Morgan fingerprint density at radius 2 is 1.81 bits per heavy atom. The highest BCUT2D eigenvalue weighted by Crippen LogP contribution is 2.17. The molecule has 0 atom stereocenters. The number of nitrogens with zero attached hydrogens (tertiary/aromatic N) is 3. The molecule has 11 heteroatoms. The molecule has 0 spiro atoms. The average Bonchev–Trinajstić information content (AvgIpc) is 2.98. The zero-order valence-corrected chi connectivity index (χ0v) is 17.3. The number of hydrogen-bond acceptors (Lipinski definition) is 7. The number of carbonyl (C=O) groups is 2. The Morgan fingerprint density at radius 3 is 2.48 bits per heavy atom. The number of carbonyl (C=O) groups excluding carboxylic acids is 2. The molecule has 31 heavy (non-hydrogen) atoms. The fraction of sp³-hybridized carbons (Fsp3) is 0.350. The van der Waals surface area contributed by atoms with E-state index in [1.54, 1.807) is 13.0 Å². The summed E-state index contributed by atoms with van der Waals surface area (Å²) in [5.74, 6) is -0.880. The van der Waals surface area contributed by atoms with Crippen molar-refractivity contribution in [2.24, 2.45) is 7.05 Å². The first-order chi connectivity index (χ1) is 14.8. The Kier molecular flexibility index (Phi) is 6.23. The second-order valence-electron chi connectivity index (χ2n) is 6.71. The van der Waals surface area contributed by atoms with Crippen LogP contribution in [0.3, 0.4) is 0 Å². The van der Waals surface area contributed by atoms with Crippen molar-refractivity contribution in [2.45, 2.75) is 26.7 Å². The Hall–Kier alpha value is -3.89. The molecule has 1 aromatic carbocycles. The smallest absolute Gasteiger partial charge is 0.422 e. The molecule has 0 saturated carbocycles. The minimum Gasteiger partial charge on any atom is -0.462 e. The van der Waals surface area contributed by atoms with Crippen molar-refractivity contribution in [2.75, 3.05) is 13.2 Å². The van der Waals surface area contributed by atoms with Crippen LogP contribution in [-0.4, -0.2) is 44.0 Å². The van der Waals surface area contributed by atoms with Crippen molar-refractivity contribution in [3.8, 4) is 5.69 Å². The van der Waals surface area contributed by atoms with Crippen molar-refractivity contribution in [3.63, 3.8) is 0 Å². The number of unbranched alkanes of at least 4 members (excludes halogenated alkanes) is 1. The van der Waals surface area contributed by atoms with Gasteiger partial charge in [0.15, 0.2) is 0 Å². The number of benzene rings is 1. The molecule has 3 aromatic rings. The molecule has 0 aliphatic carbocycles. The fourth-order valence-corrected chi connectivity index (χ4v) is 3.04. The number of nitrogens with one attached hydrogen (secondary N) is 1. The third-order valence-corrected chi connectivity index (χ3v) is 4.66. The molecule has 0 bridgehead atoms. The van der Waals surface area contributed by atoms with Gasteiger partial charge in [-0.1, -0.05) is 13.3 Å². The van der Waals surface area contributed by atoms with E-state index in [2.05, 4.69) is 4.98 Å². The maximum Gasteiger partial charge on any atom is 0.422 e. The molecule has 0 fully saturated rings. The van der Waals surface area contributed by atoms with E-state index < -0.39 is 29.0 Å². The molecule has 0 amide bonds. The lowest BCUT2D eigenvalue weighted by atomic mass is 10.2. The van der Waals surface area contributed by atoms with Crippen LogP contribution in [0.2, 0.25) is 0 Å². The third kappa shape index (κ3) is 4.06. The molecule has 0 saturated heterocycles. The van der Waals surface area contributed by atoms with Gasteiger partial charge in [-0.3, -0.25) is 18.9 Å². The van der Waals surface area contributed by atoms with Crippen LogP contribution in [0.1, 0.15) is 37.0 Å². The molecule has 0 aliphatic rings. The summed E-state index contributed by atoms with van der Waals surface area (Å²) in [6.07, 6.45) is 1.70. The first kappa shape index (κ1) is 21.8. The summed E-state index contributed by atoms with van der Waals surface area (Å²) in [5, 5.41) is 0. The first-order valence-electron chi connectivity index (χ1n) is 9.72. The molecule has 1 N–H and O–H groups in total. The molecule has 2 heterocycles. The molecular formula is C20H22N4O7. The maximum atomic E-state index is 12.6. The van der Waals surface area contributed by atoms with Gasteiger partial charge in [0.25, 0.3) is 5.56 Å². The van der Waals surface area contributed by atoms with Gasteiger partial charge in [0.2, 0.25) is 0 Å². The number of H-pyrrole nitrogens is 1. The lowest BCUT2D eigenvalue weighted by Crippen LogP contribution is -2.33. The van der Waals surface area contributed by atoms with E-state index >= 15 is 0 Å². The SMILES string of the molecule is CCCCOC(=O)n1c(=O)n(C)c2ccc(-n3cc(C(=O)OCC)c(=O)[nH]c3=O)cc21. The summed E-state index contributed by atoms with van der Waals surface area (Å²) >= 11 is 0. The van der Waals surface area contributed by atoms with E-state index in [-0.39, 0.29) is 30.0 Å². The quantitative estimate of drug-likeness (QED) is 0.458. The first-order valence-corrected chi connectivity index (χ1v) is 9.72. The lowest BCUT2D eigenvalue weighted by Gasteiger charge is -2.09. The van der Waals surface area contributed by atoms with Crippen molar-refractivity contribution in [3.05, 3.63) is 61.3 Å². The molecule has 0 unspecified atom stereocenters. The second kappa shape index (κ2) is 8.86. The number of aromatic amines is 1. The van der Waals surface area contributed by atoms with Gasteiger partial charge < -0.3 is 9.47 Å². The van der Waals surface area contributed by atoms with Gasteiger partial charge >= 0.3 is 23.4 Å². The Bertz CT molecular complexity index is 1330. The highest BCUT2D eigenvalue weighted by atomic mass is 16.6. The number of hydrogen-bond donors (Lipinski definition) is 1. The largest absolute Gasteiger partial charge is 0.462 e. The van der Waals surface area contributed by atoms with Crippen molar-refractivity contribution >= 4 is 23.1 Å². The van der Waals surface area contributed by atoms with Crippen LogP contribution in [0.4, 0.5) is 4.79 Å². The molecule has 0 radical (unpaired) electrons. The van der Waals surface area contributed by atoms with Crippen LogP contribution in [0.15, 0.2) is 38.8 Å². The van der Waals surface area contributed by atoms with Crippen molar-refractivity contribution in [1.82, 2.24) is 18.7 Å². The molecule has 164 valence electrons. The normalized spacial score (nSPS) is 10.9. The van der Waals surface area contributed by atoms with Gasteiger partial charge in [0, 0.05) is 13.2 Å². The number of esters is 1. The summed E-state index contributed by atoms with van der Waals surface area (Å²) in [6, 6.07) is 4.49. The Morgan fingerprint density at radius 1 is 1.06 bits per heavy atom. The van der Waals surface area contributed by atoms with Gasteiger partial charge in [0.1, 0.15) is 5.56 Å². The minimum atomic E-state index is -0.880. The van der Waals surface area contributed by atoms with Crippen LogP contribution in [0.25, 0.3) is 16.7 Å². The van der Waals surface area contributed by atoms with E-state index in [9.17, 15) is 24.0 Å². The zero-order valence-electron chi connectivity index (χ0n) is 17.3. The van der Waals surface area contributed by atoms with Gasteiger partial charge in [0.05, 0.1) is 29.9 Å². The topological polar surface area (TPSA) is 134 Å². The average molecular weight is 430 g/mol. The van der Waals surface area contributed by atoms with Gasteiger partial charge in [-0.05, 0) is 31.5 Å². The summed E-state index contributed by atoms with van der Waals surface area (Å²) in [6.45, 7) is 3.75. The Labute approximate surface area is 175 Å². The monoisotopic (exact) mass is 430 g/mol. The second-order valence-corrected chi connectivity index (χ2v) is 6.71. The van der Waals surface area contributed by atoms with Crippen LogP contribution < -0.4 is 16.9 Å². The highest BCUT2D eigenvalue weighted by Gasteiger charge is 2.20. The molecule has 3 rings (SSSR count). The van der Waals surface area contributed by atoms with Crippen molar-refractivity contribution < 1.29 is 19.1 Å². The standard InChI is InChI=1S/C20H22N4O7/c1-4-6-9-31-20(29)24-15-10-12(7-8-14(15)22(3)19(24)28)23-11-13(17(26)30-5-2)16(25)21-18(23)27/h7-8,10-11H,4-6,9H2,1-3H3,(H,21,25,27). The minimum absolute atomic E-state index is 0.0554. The summed E-state index contributed by atoms with van der Waals surface area (Å²) in [5.41, 5.74) is -1.77. The maximum absolute atomic E-state index is 12.6. The van der Waals surface area contributed by atoms with E-state index in [0.29, 0.717) is 11.9 Å². The van der Waals surface area contributed by atoms with Crippen LogP contribution in [-0.2, 0) is 16.5 Å². The highest BCUT2D eigenvalue weighted by molar-refractivity contribution is 5.89. The molecule has 0 aliphatic heterocycles. The fourth-order valence-electron chi connectivity index (χ4n) is 3.04. The van der Waals surface area contributed by atoms with Crippen LogP contribution in [0.5, 0.6) is 0 Å².